The van der Waals surface area contributed by atoms with Crippen molar-refractivity contribution in [1.29, 1.82) is 0 Å². The summed E-state index contributed by atoms with van der Waals surface area (Å²) in [6.45, 7) is 0. The van der Waals surface area contributed by atoms with E-state index < -0.39 is 12.2 Å². The van der Waals surface area contributed by atoms with Crippen molar-refractivity contribution in [2.45, 2.75) is 37.9 Å². The number of rotatable bonds is 2. The lowest BCUT2D eigenvalue weighted by molar-refractivity contribution is -0.0434. The molecule has 0 radical (unpaired) electrons. The second kappa shape index (κ2) is 6.47. The molecule has 1 aliphatic carbocycles. The van der Waals surface area contributed by atoms with Crippen molar-refractivity contribution in [3.63, 3.8) is 0 Å². The minimum Gasteiger partial charge on any atom is -0.442 e. The minimum atomic E-state index is -0.396. The highest BCUT2D eigenvalue weighted by Gasteiger charge is 2.32. The maximum Gasteiger partial charge on any atom is 0.409 e. The molecule has 1 rings (SSSR count). The summed E-state index contributed by atoms with van der Waals surface area (Å²) in [5.41, 5.74) is 0. The van der Waals surface area contributed by atoms with Gasteiger partial charge in [0.2, 0.25) is 0 Å². The Morgan fingerprint density at radius 3 is 1.44 bits per heavy atom. The molecular formula is C12H22N2O4. The van der Waals surface area contributed by atoms with E-state index in [2.05, 4.69) is 0 Å². The van der Waals surface area contributed by atoms with Crippen LogP contribution in [0.4, 0.5) is 9.59 Å². The van der Waals surface area contributed by atoms with Crippen molar-refractivity contribution in [1.82, 2.24) is 9.80 Å². The second-order valence-electron chi connectivity index (χ2n) is 4.92. The van der Waals surface area contributed by atoms with Crippen molar-refractivity contribution in [2.24, 2.45) is 0 Å². The lowest BCUT2D eigenvalue weighted by atomic mass is 9.94. The van der Waals surface area contributed by atoms with Crippen LogP contribution in [0, 0.1) is 0 Å². The van der Waals surface area contributed by atoms with Gasteiger partial charge in [-0.2, -0.15) is 0 Å². The molecule has 1 fully saturated rings. The van der Waals surface area contributed by atoms with Crippen molar-refractivity contribution in [3.05, 3.63) is 0 Å². The van der Waals surface area contributed by atoms with Gasteiger partial charge in [-0.1, -0.05) is 0 Å². The van der Waals surface area contributed by atoms with E-state index in [9.17, 15) is 9.59 Å². The zero-order valence-corrected chi connectivity index (χ0v) is 11.5. The number of ether oxygens (including phenoxy) is 2. The highest BCUT2D eigenvalue weighted by Crippen LogP contribution is 2.24. The molecule has 6 heteroatoms. The van der Waals surface area contributed by atoms with Crippen LogP contribution in [-0.2, 0) is 9.47 Å². The highest BCUT2D eigenvalue weighted by molar-refractivity contribution is 5.68. The molecule has 0 aromatic carbocycles. The molecule has 104 valence electrons. The minimum absolute atomic E-state index is 0.336. The first-order chi connectivity index (χ1) is 8.41. The van der Waals surface area contributed by atoms with Crippen LogP contribution < -0.4 is 0 Å². The van der Waals surface area contributed by atoms with Crippen LogP contribution in [0.15, 0.2) is 0 Å². The van der Waals surface area contributed by atoms with Gasteiger partial charge in [0.15, 0.2) is 0 Å². The summed E-state index contributed by atoms with van der Waals surface area (Å²) in [4.78, 5) is 25.8. The van der Waals surface area contributed by atoms with Crippen molar-refractivity contribution in [3.8, 4) is 0 Å². The molecule has 0 aromatic rings. The number of carbonyl (C=O) groups is 2. The summed E-state index contributed by atoms with van der Waals surface area (Å²) in [6.07, 6.45) is 1.99. The van der Waals surface area contributed by atoms with Crippen LogP contribution in [0.2, 0.25) is 0 Å². The number of nitrogens with zero attached hydrogens (tertiary/aromatic N) is 2. The Balaban J connectivity index is 2.57. The summed E-state index contributed by atoms with van der Waals surface area (Å²) >= 11 is 0. The third kappa shape index (κ3) is 4.09. The Labute approximate surface area is 108 Å². The predicted octanol–water partition coefficient (Wildman–Crippen LogP) is 1.69. The molecule has 0 bridgehead atoms. The van der Waals surface area contributed by atoms with Crippen molar-refractivity contribution in [2.75, 3.05) is 28.2 Å². The highest BCUT2D eigenvalue weighted by atomic mass is 16.6. The Kier molecular flexibility index (Phi) is 5.25. The Hall–Kier alpha value is -1.46. The third-order valence-corrected chi connectivity index (χ3v) is 2.88. The Morgan fingerprint density at radius 1 is 0.833 bits per heavy atom. The van der Waals surface area contributed by atoms with Gasteiger partial charge in [0.25, 0.3) is 0 Å². The summed E-state index contributed by atoms with van der Waals surface area (Å²) in [5.74, 6) is 0. The maximum atomic E-state index is 11.5. The van der Waals surface area contributed by atoms with Gasteiger partial charge in [-0.25, -0.2) is 9.59 Å². The fourth-order valence-electron chi connectivity index (χ4n) is 1.80. The quantitative estimate of drug-likeness (QED) is 0.756. The van der Waals surface area contributed by atoms with Gasteiger partial charge in [-0.15, -0.1) is 0 Å². The summed E-state index contributed by atoms with van der Waals surface area (Å²) in [5, 5.41) is 0. The molecular weight excluding hydrogens is 236 g/mol. The zero-order chi connectivity index (χ0) is 13.7. The predicted molar refractivity (Wildman–Crippen MR) is 66.4 cm³/mol. The average molecular weight is 258 g/mol. The lowest BCUT2D eigenvalue weighted by Gasteiger charge is -2.32. The van der Waals surface area contributed by atoms with Crippen LogP contribution in [0.25, 0.3) is 0 Å². The van der Waals surface area contributed by atoms with E-state index in [1.165, 1.54) is 9.80 Å². The first-order valence-electron chi connectivity index (χ1n) is 6.17. The van der Waals surface area contributed by atoms with Crippen molar-refractivity contribution < 1.29 is 19.1 Å². The zero-order valence-electron chi connectivity index (χ0n) is 11.5. The van der Waals surface area contributed by atoms with Crippen molar-refractivity contribution >= 4 is 12.2 Å². The maximum absolute atomic E-state index is 11.5. The van der Waals surface area contributed by atoms with Crippen LogP contribution in [0.5, 0.6) is 0 Å². The molecule has 1 aliphatic rings. The van der Waals surface area contributed by atoms with E-state index in [0.717, 1.165) is 25.7 Å². The SMILES string of the molecule is CN(C)C(=O)OC1CCCCC1OC(=O)N(C)C. The van der Waals surface area contributed by atoms with E-state index in [1.54, 1.807) is 28.2 Å². The van der Waals surface area contributed by atoms with Gasteiger partial charge < -0.3 is 19.3 Å². The topological polar surface area (TPSA) is 59.1 Å². The monoisotopic (exact) mass is 258 g/mol. The summed E-state index contributed by atoms with van der Waals surface area (Å²) in [7, 11) is 6.52. The standard InChI is InChI=1S/C12H22N2O4/c1-13(2)11(15)17-9-7-5-6-8-10(9)18-12(16)14(3)4/h9-10H,5-8H2,1-4H3. The molecule has 0 saturated heterocycles. The summed E-state index contributed by atoms with van der Waals surface area (Å²) < 4.78 is 10.7. The van der Waals surface area contributed by atoms with Gasteiger partial charge in [-0.05, 0) is 25.7 Å². The van der Waals surface area contributed by atoms with Crippen LogP contribution in [0.1, 0.15) is 25.7 Å². The van der Waals surface area contributed by atoms with Crippen LogP contribution in [0.3, 0.4) is 0 Å². The summed E-state index contributed by atoms with van der Waals surface area (Å²) in [6, 6.07) is 0. The van der Waals surface area contributed by atoms with Gasteiger partial charge in [0.1, 0.15) is 12.2 Å². The van der Waals surface area contributed by atoms with Gasteiger partial charge in [0.05, 0.1) is 0 Å². The molecule has 0 N–H and O–H groups in total. The van der Waals surface area contributed by atoms with Gasteiger partial charge >= 0.3 is 12.2 Å². The smallest absolute Gasteiger partial charge is 0.409 e. The van der Waals surface area contributed by atoms with Gasteiger partial charge in [-0.3, -0.25) is 0 Å². The number of carbonyl (C=O) groups excluding carboxylic acids is 2. The molecule has 0 heterocycles. The van der Waals surface area contributed by atoms with Crippen LogP contribution in [-0.4, -0.2) is 62.4 Å². The Bertz CT molecular complexity index is 274. The fraction of sp³-hybridized carbons (Fsp3) is 0.833. The lowest BCUT2D eigenvalue weighted by Crippen LogP contribution is -2.41. The molecule has 0 aliphatic heterocycles. The molecule has 1 saturated carbocycles. The normalized spacial score (nSPS) is 23.1. The molecule has 6 nitrogen and oxygen atoms in total. The largest absolute Gasteiger partial charge is 0.442 e. The second-order valence-corrected chi connectivity index (χ2v) is 4.92. The fourth-order valence-corrected chi connectivity index (χ4v) is 1.80. The molecule has 18 heavy (non-hydrogen) atoms. The molecule has 2 atom stereocenters. The third-order valence-electron chi connectivity index (χ3n) is 2.88. The van der Waals surface area contributed by atoms with E-state index in [-0.39, 0.29) is 12.2 Å². The average Bonchev–Trinajstić information content (AvgIpc) is 2.31. The van der Waals surface area contributed by atoms with Gasteiger partial charge in [0, 0.05) is 28.2 Å². The molecule has 2 amide bonds. The molecule has 2 unspecified atom stereocenters. The van der Waals surface area contributed by atoms with E-state index in [1.807, 2.05) is 0 Å². The van der Waals surface area contributed by atoms with Crippen LogP contribution >= 0.6 is 0 Å². The first kappa shape index (κ1) is 14.6. The number of amides is 2. The molecule has 0 spiro atoms. The number of hydrogen-bond acceptors (Lipinski definition) is 4. The van der Waals surface area contributed by atoms with E-state index in [4.69, 9.17) is 9.47 Å². The first-order valence-corrected chi connectivity index (χ1v) is 6.17. The number of hydrogen-bond donors (Lipinski definition) is 0. The van der Waals surface area contributed by atoms with E-state index in [0.29, 0.717) is 0 Å². The Morgan fingerprint density at radius 2 is 1.17 bits per heavy atom. The van der Waals surface area contributed by atoms with E-state index >= 15 is 0 Å². The molecule has 0 aromatic heterocycles.